The van der Waals surface area contributed by atoms with E-state index in [0.29, 0.717) is 17.5 Å². The lowest BCUT2D eigenvalue weighted by atomic mass is 10.1. The van der Waals surface area contributed by atoms with Crippen molar-refractivity contribution < 1.29 is 27.8 Å². The van der Waals surface area contributed by atoms with Gasteiger partial charge in [0, 0.05) is 5.69 Å². The largest absolute Gasteiger partial charge is 0.491 e. The maximum absolute atomic E-state index is 13.5. The highest BCUT2D eigenvalue weighted by Crippen LogP contribution is 2.19. The van der Waals surface area contributed by atoms with Gasteiger partial charge in [-0.2, -0.15) is 0 Å². The highest BCUT2D eigenvalue weighted by molar-refractivity contribution is 6.04. The van der Waals surface area contributed by atoms with Crippen LogP contribution in [0.15, 0.2) is 36.4 Å². The number of nitrogens with one attached hydrogen (secondary N) is 1. The molecule has 2 N–H and O–H groups in total. The van der Waals surface area contributed by atoms with Crippen LogP contribution in [0.5, 0.6) is 5.75 Å². The first-order valence-electron chi connectivity index (χ1n) is 6.31. The van der Waals surface area contributed by atoms with Crippen molar-refractivity contribution in [1.29, 1.82) is 0 Å². The fraction of sp³-hybridized carbons (Fsp3) is 0.133. The van der Waals surface area contributed by atoms with E-state index in [2.05, 4.69) is 5.32 Å². The summed E-state index contributed by atoms with van der Waals surface area (Å²) < 4.78 is 44.5. The Kier molecular flexibility index (Phi) is 5.00. The molecule has 116 valence electrons. The third-order valence-electron chi connectivity index (χ3n) is 2.75. The summed E-state index contributed by atoms with van der Waals surface area (Å²) in [6, 6.07) is 7.59. The summed E-state index contributed by atoms with van der Waals surface area (Å²) in [7, 11) is 0. The number of carbonyl (C=O) groups excluding carboxylic acids is 1. The Morgan fingerprint density at radius 1 is 1.05 bits per heavy atom. The quantitative estimate of drug-likeness (QED) is 0.835. The zero-order valence-corrected chi connectivity index (χ0v) is 11.3. The van der Waals surface area contributed by atoms with Gasteiger partial charge in [0.25, 0.3) is 5.91 Å². The molecule has 0 aromatic heterocycles. The van der Waals surface area contributed by atoms with Gasteiger partial charge in [0.05, 0.1) is 12.2 Å². The number of rotatable bonds is 5. The van der Waals surface area contributed by atoms with Gasteiger partial charge in [0.15, 0.2) is 17.5 Å². The summed E-state index contributed by atoms with van der Waals surface area (Å²) >= 11 is 0. The van der Waals surface area contributed by atoms with E-state index >= 15 is 0 Å². The van der Waals surface area contributed by atoms with Gasteiger partial charge in [-0.05, 0) is 36.4 Å². The molecule has 0 aliphatic heterocycles. The van der Waals surface area contributed by atoms with E-state index in [4.69, 9.17) is 9.84 Å². The van der Waals surface area contributed by atoms with Crippen molar-refractivity contribution in [3.8, 4) is 5.75 Å². The van der Waals surface area contributed by atoms with E-state index < -0.39 is 28.9 Å². The predicted molar refractivity (Wildman–Crippen MR) is 73.3 cm³/mol. The molecule has 0 bridgehead atoms. The van der Waals surface area contributed by atoms with Crippen molar-refractivity contribution in [3.63, 3.8) is 0 Å². The molecule has 0 spiro atoms. The normalized spacial score (nSPS) is 10.4. The average Bonchev–Trinajstić information content (AvgIpc) is 2.52. The predicted octanol–water partition coefficient (Wildman–Crippen LogP) is 2.73. The maximum atomic E-state index is 13.5. The van der Waals surface area contributed by atoms with Gasteiger partial charge in [0.2, 0.25) is 0 Å². The monoisotopic (exact) mass is 311 g/mol. The maximum Gasteiger partial charge on any atom is 0.258 e. The Morgan fingerprint density at radius 2 is 1.73 bits per heavy atom. The highest BCUT2D eigenvalue weighted by Gasteiger charge is 2.18. The van der Waals surface area contributed by atoms with Crippen molar-refractivity contribution in [2.75, 3.05) is 18.5 Å². The van der Waals surface area contributed by atoms with E-state index in [1.807, 2.05) is 0 Å². The first-order chi connectivity index (χ1) is 10.5. The van der Waals surface area contributed by atoms with Gasteiger partial charge in [0.1, 0.15) is 12.4 Å². The molecule has 0 radical (unpaired) electrons. The van der Waals surface area contributed by atoms with Crippen LogP contribution in [-0.4, -0.2) is 24.2 Å². The van der Waals surface area contributed by atoms with Crippen molar-refractivity contribution in [1.82, 2.24) is 0 Å². The SMILES string of the molecule is O=C(Nc1ccc(OCCO)cc1)c1ccc(F)c(F)c1F. The molecule has 0 fully saturated rings. The highest BCUT2D eigenvalue weighted by atomic mass is 19.2. The van der Waals surface area contributed by atoms with E-state index in [9.17, 15) is 18.0 Å². The van der Waals surface area contributed by atoms with Crippen LogP contribution in [0.25, 0.3) is 0 Å². The van der Waals surface area contributed by atoms with Gasteiger partial charge in [-0.3, -0.25) is 4.79 Å². The molecule has 0 saturated heterocycles. The topological polar surface area (TPSA) is 58.6 Å². The molecule has 7 heteroatoms. The van der Waals surface area contributed by atoms with E-state index in [1.165, 1.54) is 24.3 Å². The third-order valence-corrected chi connectivity index (χ3v) is 2.75. The minimum atomic E-state index is -1.69. The number of aliphatic hydroxyl groups excluding tert-OH is 1. The number of ether oxygens (including phenoxy) is 1. The minimum Gasteiger partial charge on any atom is -0.491 e. The first kappa shape index (κ1) is 15.8. The number of halogens is 3. The van der Waals surface area contributed by atoms with Crippen LogP contribution in [0.2, 0.25) is 0 Å². The molecule has 0 atom stereocenters. The lowest BCUT2D eigenvalue weighted by Gasteiger charge is -2.08. The van der Waals surface area contributed by atoms with Gasteiger partial charge in [-0.25, -0.2) is 13.2 Å². The molecular formula is C15H12F3NO3. The summed E-state index contributed by atoms with van der Waals surface area (Å²) in [5.74, 6) is -5.02. The smallest absolute Gasteiger partial charge is 0.258 e. The van der Waals surface area contributed by atoms with Crippen LogP contribution >= 0.6 is 0 Å². The van der Waals surface area contributed by atoms with Crippen molar-refractivity contribution in [3.05, 3.63) is 59.4 Å². The second-order valence-electron chi connectivity index (χ2n) is 4.27. The first-order valence-corrected chi connectivity index (χ1v) is 6.31. The zero-order valence-electron chi connectivity index (χ0n) is 11.3. The van der Waals surface area contributed by atoms with Gasteiger partial charge in [-0.15, -0.1) is 0 Å². The Morgan fingerprint density at radius 3 is 2.36 bits per heavy atom. The second kappa shape index (κ2) is 6.95. The molecule has 2 rings (SSSR count). The minimum absolute atomic E-state index is 0.131. The van der Waals surface area contributed by atoms with Crippen LogP contribution < -0.4 is 10.1 Å². The van der Waals surface area contributed by atoms with Crippen LogP contribution in [0.1, 0.15) is 10.4 Å². The average molecular weight is 311 g/mol. The van der Waals surface area contributed by atoms with Crippen LogP contribution in [0.4, 0.5) is 18.9 Å². The molecule has 0 unspecified atom stereocenters. The number of amides is 1. The number of anilines is 1. The zero-order chi connectivity index (χ0) is 16.1. The molecular weight excluding hydrogens is 299 g/mol. The third kappa shape index (κ3) is 3.56. The molecule has 0 heterocycles. The summed E-state index contributed by atoms with van der Waals surface area (Å²) in [5.41, 5.74) is -0.273. The summed E-state index contributed by atoms with van der Waals surface area (Å²) in [4.78, 5) is 11.9. The lowest BCUT2D eigenvalue weighted by Crippen LogP contribution is -2.15. The fourth-order valence-electron chi connectivity index (χ4n) is 1.70. The van der Waals surface area contributed by atoms with Crippen LogP contribution in [-0.2, 0) is 0 Å². The van der Waals surface area contributed by atoms with E-state index in [0.717, 1.165) is 6.07 Å². The molecule has 4 nitrogen and oxygen atoms in total. The summed E-state index contributed by atoms with van der Waals surface area (Å²) in [5, 5.41) is 11.0. The van der Waals surface area contributed by atoms with Crippen molar-refractivity contribution in [2.24, 2.45) is 0 Å². The number of hydrogen-bond donors (Lipinski definition) is 2. The lowest BCUT2D eigenvalue weighted by molar-refractivity contribution is 0.102. The molecule has 0 saturated carbocycles. The molecule has 2 aromatic rings. The Bertz CT molecular complexity index is 674. The number of aliphatic hydroxyl groups is 1. The Balaban J connectivity index is 2.10. The van der Waals surface area contributed by atoms with Crippen molar-refractivity contribution >= 4 is 11.6 Å². The van der Waals surface area contributed by atoms with Gasteiger partial charge >= 0.3 is 0 Å². The van der Waals surface area contributed by atoms with Crippen LogP contribution in [0.3, 0.4) is 0 Å². The summed E-state index contributed by atoms with van der Waals surface area (Å²) in [6.07, 6.45) is 0. The Hall–Kier alpha value is -2.54. The molecule has 1 amide bonds. The van der Waals surface area contributed by atoms with Gasteiger partial charge < -0.3 is 15.2 Å². The Labute approximate surface area is 124 Å². The molecule has 0 aliphatic carbocycles. The molecule has 2 aromatic carbocycles. The molecule has 0 aliphatic rings. The van der Waals surface area contributed by atoms with E-state index in [1.54, 1.807) is 0 Å². The standard InChI is InChI=1S/C15H12F3NO3/c16-12-6-5-11(13(17)14(12)18)15(21)19-9-1-3-10(4-2-9)22-8-7-20/h1-6,20H,7-8H2,(H,19,21). The van der Waals surface area contributed by atoms with E-state index in [-0.39, 0.29) is 13.2 Å². The second-order valence-corrected chi connectivity index (χ2v) is 4.27. The summed E-state index contributed by atoms with van der Waals surface area (Å²) in [6.45, 7) is -0.000329. The fourth-order valence-corrected chi connectivity index (χ4v) is 1.70. The van der Waals surface area contributed by atoms with Gasteiger partial charge in [-0.1, -0.05) is 0 Å². The van der Waals surface area contributed by atoms with Crippen LogP contribution in [0, 0.1) is 17.5 Å². The number of hydrogen-bond acceptors (Lipinski definition) is 3. The molecule has 22 heavy (non-hydrogen) atoms. The number of benzene rings is 2. The number of carbonyl (C=O) groups is 1. The van der Waals surface area contributed by atoms with Crippen molar-refractivity contribution in [2.45, 2.75) is 0 Å².